The van der Waals surface area contributed by atoms with E-state index in [-0.39, 0.29) is 29.1 Å². The number of hydrogen-bond acceptors (Lipinski definition) is 10. The minimum absolute atomic E-state index is 0.182. The first-order valence-corrected chi connectivity index (χ1v) is 17.7. The van der Waals surface area contributed by atoms with Crippen LogP contribution in [0.25, 0.3) is 22.3 Å². The number of anilines is 6. The van der Waals surface area contributed by atoms with Crippen LogP contribution in [0, 0.1) is 0 Å². The number of phenolic OH excluding ortho intramolecular Hbond substituents is 1. The van der Waals surface area contributed by atoms with Gasteiger partial charge in [-0.3, -0.25) is 9.59 Å². The molecule has 0 atom stereocenters. The summed E-state index contributed by atoms with van der Waals surface area (Å²) < 4.78 is 15.5. The first-order chi connectivity index (χ1) is 27.9. The van der Waals surface area contributed by atoms with Crippen molar-refractivity contribution in [2.24, 2.45) is 0 Å². The Morgan fingerprint density at radius 3 is 1.49 bits per heavy atom. The number of nitrogens with zero attached hydrogens (tertiary/aromatic N) is 2. The molecule has 2 amide bonds. The van der Waals surface area contributed by atoms with Gasteiger partial charge in [0.25, 0.3) is 11.8 Å². The van der Waals surface area contributed by atoms with Crippen LogP contribution in [0.3, 0.4) is 0 Å². The Bertz CT molecular complexity index is 2590. The van der Waals surface area contributed by atoms with Crippen molar-refractivity contribution >= 4 is 46.2 Å². The number of phenols is 1. The van der Waals surface area contributed by atoms with Crippen LogP contribution in [0.2, 0.25) is 0 Å². The van der Waals surface area contributed by atoms with Gasteiger partial charge in [0.05, 0.1) is 19.6 Å². The molecule has 57 heavy (non-hydrogen) atoms. The van der Waals surface area contributed by atoms with Crippen LogP contribution in [-0.2, 0) is 0 Å². The predicted octanol–water partition coefficient (Wildman–Crippen LogP) is 10.4. The monoisotopic (exact) mass is 756 g/mol. The molecule has 0 spiro atoms. The summed E-state index contributed by atoms with van der Waals surface area (Å²) in [5.74, 6) is 2.24. The Kier molecular flexibility index (Phi) is 11.6. The number of aromatic hydroxyl groups is 1. The second-order valence-electron chi connectivity index (χ2n) is 12.4. The van der Waals surface area contributed by atoms with Gasteiger partial charge in [0, 0.05) is 47.3 Å². The SMILES string of the molecule is COc1cccc(Nc2cc(-c3cccc(NC(=O)c4ccco4)c3)ccn2)c1.O=C(Nc1cccc(-c2ccnc(Nc3cccc(O)c3)c2)c1)c1ccco1. The van der Waals surface area contributed by atoms with E-state index >= 15 is 0 Å². The molecule has 5 N–H and O–H groups in total. The fourth-order valence-corrected chi connectivity index (χ4v) is 5.69. The summed E-state index contributed by atoms with van der Waals surface area (Å²) in [6, 6.07) is 43.9. The fourth-order valence-electron chi connectivity index (χ4n) is 5.69. The van der Waals surface area contributed by atoms with Gasteiger partial charge >= 0.3 is 0 Å². The Labute approximate surface area is 327 Å². The molecule has 8 rings (SSSR count). The molecule has 12 nitrogen and oxygen atoms in total. The van der Waals surface area contributed by atoms with E-state index in [9.17, 15) is 14.7 Å². The lowest BCUT2D eigenvalue weighted by Crippen LogP contribution is -2.10. The van der Waals surface area contributed by atoms with Gasteiger partial charge in [0.1, 0.15) is 23.1 Å². The molecule has 4 aromatic carbocycles. The van der Waals surface area contributed by atoms with Crippen molar-refractivity contribution in [3.05, 3.63) is 182 Å². The van der Waals surface area contributed by atoms with E-state index in [1.54, 1.807) is 62.0 Å². The predicted molar refractivity (Wildman–Crippen MR) is 220 cm³/mol. The first-order valence-electron chi connectivity index (χ1n) is 17.7. The summed E-state index contributed by atoms with van der Waals surface area (Å²) in [4.78, 5) is 33.1. The maximum absolute atomic E-state index is 12.2. The van der Waals surface area contributed by atoms with Crippen LogP contribution >= 0.6 is 0 Å². The van der Waals surface area contributed by atoms with Gasteiger partial charge in [-0.1, -0.05) is 36.4 Å². The molecule has 0 bridgehead atoms. The normalized spacial score (nSPS) is 10.4. The summed E-state index contributed by atoms with van der Waals surface area (Å²) in [5, 5.41) is 21.7. The number of pyridine rings is 2. The molecule has 0 aliphatic rings. The molecule has 0 aliphatic carbocycles. The highest BCUT2D eigenvalue weighted by Crippen LogP contribution is 2.28. The average molecular weight is 757 g/mol. The molecule has 0 unspecified atom stereocenters. The molecule has 4 aromatic heterocycles. The van der Waals surface area contributed by atoms with Crippen LogP contribution < -0.4 is 26.0 Å². The quantitative estimate of drug-likeness (QED) is 0.0858. The third-order valence-electron chi connectivity index (χ3n) is 8.38. The summed E-state index contributed by atoms with van der Waals surface area (Å²) in [6.45, 7) is 0. The highest BCUT2D eigenvalue weighted by Gasteiger charge is 2.11. The fraction of sp³-hybridized carbons (Fsp3) is 0.0222. The van der Waals surface area contributed by atoms with Crippen LogP contribution in [0.5, 0.6) is 11.5 Å². The number of furan rings is 2. The van der Waals surface area contributed by atoms with E-state index in [2.05, 4.69) is 31.2 Å². The summed E-state index contributed by atoms with van der Waals surface area (Å²) in [7, 11) is 1.63. The Morgan fingerprint density at radius 1 is 0.526 bits per heavy atom. The number of methoxy groups -OCH3 is 1. The van der Waals surface area contributed by atoms with E-state index in [1.807, 2.05) is 103 Å². The van der Waals surface area contributed by atoms with Crippen molar-refractivity contribution in [1.29, 1.82) is 0 Å². The van der Waals surface area contributed by atoms with Crippen LogP contribution in [0.15, 0.2) is 179 Å². The zero-order valence-corrected chi connectivity index (χ0v) is 30.5. The maximum atomic E-state index is 12.2. The molecule has 0 radical (unpaired) electrons. The van der Waals surface area contributed by atoms with E-state index in [0.29, 0.717) is 23.0 Å². The standard InChI is InChI=1S/C23H19N3O3.C22H17N3O3/c1-28-20-8-3-7-19(15-20)25-22-14-17(10-11-24-22)16-5-2-6-18(13-16)26-23(27)21-9-4-12-29-21;26-19-7-2-6-18(14-19)24-21-13-16(9-10-23-21)15-4-1-5-17(12-15)25-22(27)20-8-3-11-28-20/h2-15H,1H3,(H,24,25)(H,26,27);1-14,26H,(H,23,24)(H,25,27). The van der Waals surface area contributed by atoms with Crippen molar-refractivity contribution in [2.75, 3.05) is 28.4 Å². The summed E-state index contributed by atoms with van der Waals surface area (Å²) in [6.07, 6.45) is 6.38. The van der Waals surface area contributed by atoms with Gasteiger partial charge in [-0.25, -0.2) is 9.97 Å². The van der Waals surface area contributed by atoms with Gasteiger partial charge in [-0.05, 0) is 119 Å². The van der Waals surface area contributed by atoms with E-state index in [0.717, 1.165) is 39.4 Å². The first kappa shape index (κ1) is 37.2. The topological polar surface area (TPSA) is 164 Å². The van der Waals surface area contributed by atoms with Crippen LogP contribution in [0.1, 0.15) is 21.1 Å². The Hall–Kier alpha value is -8.12. The van der Waals surface area contributed by atoms with Gasteiger partial charge in [0.2, 0.25) is 0 Å². The molecule has 0 aliphatic heterocycles. The number of benzene rings is 4. The van der Waals surface area contributed by atoms with Crippen molar-refractivity contribution < 1.29 is 28.3 Å². The molecular formula is C45H36N6O6. The molecule has 0 saturated carbocycles. The number of amides is 2. The van der Waals surface area contributed by atoms with Gasteiger partial charge in [-0.2, -0.15) is 0 Å². The number of aromatic nitrogens is 2. The average Bonchev–Trinajstić information content (AvgIpc) is 3.99. The minimum atomic E-state index is -0.303. The number of nitrogens with one attached hydrogen (secondary N) is 4. The van der Waals surface area contributed by atoms with Gasteiger partial charge in [0.15, 0.2) is 11.5 Å². The van der Waals surface area contributed by atoms with Gasteiger partial charge < -0.3 is 39.9 Å². The zero-order valence-electron chi connectivity index (χ0n) is 30.5. The van der Waals surface area contributed by atoms with Crippen molar-refractivity contribution in [3.8, 4) is 33.8 Å². The molecule has 282 valence electrons. The van der Waals surface area contributed by atoms with Crippen molar-refractivity contribution in [3.63, 3.8) is 0 Å². The lowest BCUT2D eigenvalue weighted by molar-refractivity contribution is 0.0989. The molecular weight excluding hydrogens is 721 g/mol. The van der Waals surface area contributed by atoms with E-state index in [1.165, 1.54) is 12.5 Å². The highest BCUT2D eigenvalue weighted by atomic mass is 16.5. The highest BCUT2D eigenvalue weighted by molar-refractivity contribution is 6.03. The maximum Gasteiger partial charge on any atom is 0.291 e. The lowest BCUT2D eigenvalue weighted by Gasteiger charge is -2.10. The Balaban J connectivity index is 0.000000174. The van der Waals surface area contributed by atoms with E-state index in [4.69, 9.17) is 13.6 Å². The zero-order chi connectivity index (χ0) is 39.4. The molecule has 0 fully saturated rings. The van der Waals surface area contributed by atoms with Crippen LogP contribution in [-0.4, -0.2) is 34.0 Å². The summed E-state index contributed by atoms with van der Waals surface area (Å²) in [5.41, 5.74) is 6.77. The molecule has 8 aromatic rings. The molecule has 0 saturated heterocycles. The number of hydrogen-bond donors (Lipinski definition) is 5. The third kappa shape index (κ3) is 10.1. The van der Waals surface area contributed by atoms with Gasteiger partial charge in [-0.15, -0.1) is 0 Å². The second-order valence-corrected chi connectivity index (χ2v) is 12.4. The number of carbonyl (C=O) groups is 2. The smallest absolute Gasteiger partial charge is 0.291 e. The molecule has 4 heterocycles. The van der Waals surface area contributed by atoms with Crippen LogP contribution in [0.4, 0.5) is 34.4 Å². The van der Waals surface area contributed by atoms with Crippen molar-refractivity contribution in [2.45, 2.75) is 0 Å². The number of carbonyl (C=O) groups excluding carboxylic acids is 2. The molecule has 12 heteroatoms. The lowest BCUT2D eigenvalue weighted by atomic mass is 10.1. The number of rotatable bonds is 11. The minimum Gasteiger partial charge on any atom is -0.508 e. The Morgan fingerprint density at radius 2 is 1.00 bits per heavy atom. The third-order valence-corrected chi connectivity index (χ3v) is 8.38. The summed E-state index contributed by atoms with van der Waals surface area (Å²) >= 11 is 0. The largest absolute Gasteiger partial charge is 0.508 e. The van der Waals surface area contributed by atoms with E-state index < -0.39 is 0 Å². The number of ether oxygens (including phenoxy) is 1. The second kappa shape index (κ2) is 17.8. The van der Waals surface area contributed by atoms with Crippen molar-refractivity contribution in [1.82, 2.24) is 9.97 Å².